The zero-order valence-corrected chi connectivity index (χ0v) is 30.4. The molecule has 0 spiro atoms. The average molecular weight is 736 g/mol. The quantitative estimate of drug-likeness (QED) is 0.0765. The van der Waals surface area contributed by atoms with Gasteiger partial charge in [-0.2, -0.15) is 0 Å². The number of esters is 2. The standard InChI is InChI=1S/C46H38ClNO6/c1-31-24-26-34(27-25-31)46(33-16-6-3-7-17-33,40-22-12-13-23-41(40)47)54-44(50)42(28-43(49)52-29-32-14-4-2-5-15-32)48-45(51)53-30-39-37-20-10-8-18-35(37)36-19-9-11-21-38(36)39/h2-27,39,42H,28-30H2,1H3,(H,48,51)/t42-,46?/m0/s1. The molecule has 0 saturated heterocycles. The molecular weight excluding hydrogens is 698 g/mol. The predicted molar refractivity (Wildman–Crippen MR) is 208 cm³/mol. The molecule has 1 unspecified atom stereocenters. The fourth-order valence-corrected chi connectivity index (χ4v) is 7.29. The van der Waals surface area contributed by atoms with E-state index in [1.165, 1.54) is 0 Å². The van der Waals surface area contributed by atoms with E-state index < -0.39 is 36.1 Å². The third kappa shape index (κ3) is 7.63. The lowest BCUT2D eigenvalue weighted by molar-refractivity contribution is -0.160. The minimum absolute atomic E-state index is 0.0106. The molecule has 0 saturated carbocycles. The zero-order chi connectivity index (χ0) is 37.5. The van der Waals surface area contributed by atoms with Crippen LogP contribution in [0.5, 0.6) is 0 Å². The first kappa shape index (κ1) is 36.2. The number of alkyl carbamates (subject to hydrolysis) is 1. The van der Waals surface area contributed by atoms with Gasteiger partial charge in [0.2, 0.25) is 0 Å². The van der Waals surface area contributed by atoms with Crippen LogP contribution in [-0.4, -0.2) is 30.7 Å². The first-order valence-corrected chi connectivity index (χ1v) is 18.1. The highest BCUT2D eigenvalue weighted by Gasteiger charge is 2.44. The molecule has 270 valence electrons. The number of hydrogen-bond acceptors (Lipinski definition) is 6. The second kappa shape index (κ2) is 16.2. The van der Waals surface area contributed by atoms with Crippen LogP contribution in [0.2, 0.25) is 5.02 Å². The smallest absolute Gasteiger partial charge is 0.407 e. The summed E-state index contributed by atoms with van der Waals surface area (Å²) in [6.45, 7) is 1.96. The summed E-state index contributed by atoms with van der Waals surface area (Å²) < 4.78 is 18.0. The molecule has 7 rings (SSSR count). The molecule has 6 aromatic rings. The first-order valence-electron chi connectivity index (χ1n) is 17.7. The minimum Gasteiger partial charge on any atom is -0.461 e. The molecule has 6 aromatic carbocycles. The number of halogens is 1. The maximum atomic E-state index is 14.6. The molecule has 1 N–H and O–H groups in total. The fraction of sp³-hybridized carbons (Fsp3) is 0.152. The third-order valence-electron chi connectivity index (χ3n) is 9.68. The molecule has 8 heteroatoms. The Labute approximate surface area is 319 Å². The molecule has 0 aliphatic heterocycles. The lowest BCUT2D eigenvalue weighted by Crippen LogP contribution is -2.47. The van der Waals surface area contributed by atoms with Gasteiger partial charge >= 0.3 is 18.0 Å². The fourth-order valence-electron chi connectivity index (χ4n) is 7.02. The van der Waals surface area contributed by atoms with Gasteiger partial charge in [-0.1, -0.05) is 169 Å². The van der Waals surface area contributed by atoms with Crippen molar-refractivity contribution in [1.82, 2.24) is 5.32 Å². The zero-order valence-electron chi connectivity index (χ0n) is 29.6. The summed E-state index contributed by atoms with van der Waals surface area (Å²) in [7, 11) is 0. The molecule has 1 aliphatic carbocycles. The summed E-state index contributed by atoms with van der Waals surface area (Å²) in [5.41, 5.74) is 6.18. The largest absolute Gasteiger partial charge is 0.461 e. The molecule has 1 aliphatic rings. The van der Waals surface area contributed by atoms with E-state index in [2.05, 4.69) is 5.32 Å². The van der Waals surface area contributed by atoms with Gasteiger partial charge < -0.3 is 19.5 Å². The highest BCUT2D eigenvalue weighted by molar-refractivity contribution is 6.31. The van der Waals surface area contributed by atoms with Crippen molar-refractivity contribution in [3.63, 3.8) is 0 Å². The van der Waals surface area contributed by atoms with Gasteiger partial charge in [0.25, 0.3) is 0 Å². The molecule has 0 fully saturated rings. The predicted octanol–water partition coefficient (Wildman–Crippen LogP) is 9.52. The summed E-state index contributed by atoms with van der Waals surface area (Å²) in [5, 5.41) is 3.01. The number of benzene rings is 6. The summed E-state index contributed by atoms with van der Waals surface area (Å²) in [6, 6.07) is 47.7. The van der Waals surface area contributed by atoms with Crippen molar-refractivity contribution in [2.24, 2.45) is 0 Å². The highest BCUT2D eigenvalue weighted by atomic mass is 35.5. The topological polar surface area (TPSA) is 90.9 Å². The van der Waals surface area contributed by atoms with Gasteiger partial charge in [0.1, 0.15) is 19.3 Å². The Hall–Kier alpha value is -6.18. The first-order chi connectivity index (χ1) is 26.3. The molecule has 7 nitrogen and oxygen atoms in total. The Morgan fingerprint density at radius 1 is 0.667 bits per heavy atom. The third-order valence-corrected chi connectivity index (χ3v) is 10.0. The van der Waals surface area contributed by atoms with Crippen LogP contribution < -0.4 is 5.32 Å². The normalized spacial score (nSPS) is 13.4. The SMILES string of the molecule is Cc1ccc(C(OC(=O)[C@H](CC(=O)OCc2ccccc2)NC(=O)OCC2c3ccccc3-c3ccccc32)(c2ccccc2)c2ccccc2Cl)cc1. The van der Waals surface area contributed by atoms with E-state index in [1.807, 2.05) is 146 Å². The minimum atomic E-state index is -1.57. The number of ether oxygens (including phenoxy) is 3. The van der Waals surface area contributed by atoms with Gasteiger partial charge in [0.05, 0.1) is 6.42 Å². The van der Waals surface area contributed by atoms with Crippen LogP contribution in [-0.2, 0) is 36.0 Å². The molecule has 1 amide bonds. The number of carbonyl (C=O) groups is 3. The van der Waals surface area contributed by atoms with E-state index in [1.54, 1.807) is 18.2 Å². The van der Waals surface area contributed by atoms with Gasteiger partial charge in [0.15, 0.2) is 5.60 Å². The van der Waals surface area contributed by atoms with Crippen molar-refractivity contribution in [2.75, 3.05) is 6.61 Å². The van der Waals surface area contributed by atoms with Gasteiger partial charge in [-0.05, 0) is 40.8 Å². The number of carbonyl (C=O) groups excluding carboxylic acids is 3. The van der Waals surface area contributed by atoms with Crippen LogP contribution in [0.25, 0.3) is 11.1 Å². The van der Waals surface area contributed by atoms with Crippen LogP contribution in [0.15, 0.2) is 158 Å². The van der Waals surface area contributed by atoms with Crippen molar-refractivity contribution in [2.45, 2.75) is 37.5 Å². The van der Waals surface area contributed by atoms with Crippen LogP contribution in [0.3, 0.4) is 0 Å². The summed E-state index contributed by atoms with van der Waals surface area (Å²) in [4.78, 5) is 41.7. The molecular formula is C46H38ClNO6. The Kier molecular flexibility index (Phi) is 10.9. The van der Waals surface area contributed by atoms with Gasteiger partial charge in [-0.25, -0.2) is 9.59 Å². The van der Waals surface area contributed by atoms with Crippen molar-refractivity contribution in [3.8, 4) is 11.1 Å². The number of rotatable bonds is 12. The number of nitrogens with one attached hydrogen (secondary N) is 1. The molecule has 0 bridgehead atoms. The van der Waals surface area contributed by atoms with Crippen LogP contribution in [0.1, 0.15) is 51.3 Å². The van der Waals surface area contributed by atoms with E-state index >= 15 is 0 Å². The van der Waals surface area contributed by atoms with E-state index in [-0.39, 0.29) is 19.1 Å². The maximum absolute atomic E-state index is 14.6. The Bertz CT molecular complexity index is 2210. The molecule has 54 heavy (non-hydrogen) atoms. The van der Waals surface area contributed by atoms with Crippen LogP contribution in [0, 0.1) is 6.92 Å². The van der Waals surface area contributed by atoms with Crippen LogP contribution in [0.4, 0.5) is 4.79 Å². The highest BCUT2D eigenvalue weighted by Crippen LogP contribution is 2.45. The van der Waals surface area contributed by atoms with E-state index in [0.717, 1.165) is 33.4 Å². The van der Waals surface area contributed by atoms with Crippen molar-refractivity contribution in [3.05, 3.63) is 202 Å². The van der Waals surface area contributed by atoms with Gasteiger partial charge in [-0.15, -0.1) is 0 Å². The van der Waals surface area contributed by atoms with Crippen molar-refractivity contribution < 1.29 is 28.6 Å². The van der Waals surface area contributed by atoms with Gasteiger partial charge in [-0.3, -0.25) is 4.79 Å². The molecule has 0 heterocycles. The number of amides is 1. The Balaban J connectivity index is 1.20. The molecule has 0 radical (unpaired) electrons. The second-order valence-electron chi connectivity index (χ2n) is 13.2. The van der Waals surface area contributed by atoms with E-state index in [0.29, 0.717) is 21.7 Å². The van der Waals surface area contributed by atoms with Crippen molar-refractivity contribution in [1.29, 1.82) is 0 Å². The average Bonchev–Trinajstić information content (AvgIpc) is 3.53. The monoisotopic (exact) mass is 735 g/mol. The molecule has 0 aromatic heterocycles. The van der Waals surface area contributed by atoms with E-state index in [4.69, 9.17) is 25.8 Å². The number of aryl methyl sites for hydroxylation is 1. The van der Waals surface area contributed by atoms with Crippen LogP contribution >= 0.6 is 11.6 Å². The lowest BCUT2D eigenvalue weighted by Gasteiger charge is -2.37. The second-order valence-corrected chi connectivity index (χ2v) is 13.6. The number of hydrogen-bond donors (Lipinski definition) is 1. The van der Waals surface area contributed by atoms with Gasteiger partial charge in [0, 0.05) is 27.6 Å². The molecule has 2 atom stereocenters. The number of fused-ring (bicyclic) bond motifs is 3. The Morgan fingerprint density at radius 2 is 1.22 bits per heavy atom. The Morgan fingerprint density at radius 3 is 1.87 bits per heavy atom. The lowest BCUT2D eigenvalue weighted by atomic mass is 9.79. The summed E-state index contributed by atoms with van der Waals surface area (Å²) in [6.07, 6.45) is -1.40. The maximum Gasteiger partial charge on any atom is 0.407 e. The van der Waals surface area contributed by atoms with E-state index in [9.17, 15) is 14.4 Å². The van der Waals surface area contributed by atoms with Crippen molar-refractivity contribution >= 4 is 29.6 Å². The summed E-state index contributed by atoms with van der Waals surface area (Å²) >= 11 is 6.89. The summed E-state index contributed by atoms with van der Waals surface area (Å²) in [5.74, 6) is -1.81.